The van der Waals surface area contributed by atoms with E-state index < -0.39 is 0 Å². The molecule has 0 amide bonds. The van der Waals surface area contributed by atoms with Crippen molar-refractivity contribution in [3.8, 4) is 0 Å². The average molecular weight is 385 g/mol. The molecular weight excluding hydrogens is 360 g/mol. The molecule has 0 radical (unpaired) electrons. The van der Waals surface area contributed by atoms with Crippen LogP contribution in [0.25, 0.3) is 22.9 Å². The van der Waals surface area contributed by atoms with E-state index in [1.165, 1.54) is 33.0 Å². The highest BCUT2D eigenvalue weighted by molar-refractivity contribution is 5.94. The Bertz CT molecular complexity index is 1260. The van der Waals surface area contributed by atoms with Crippen LogP contribution in [-0.4, -0.2) is 0 Å². The molecule has 4 aromatic rings. The summed E-state index contributed by atoms with van der Waals surface area (Å²) >= 11 is 0. The lowest BCUT2D eigenvalue weighted by Gasteiger charge is -2.38. The van der Waals surface area contributed by atoms with Crippen molar-refractivity contribution in [1.82, 2.24) is 0 Å². The second-order valence-corrected chi connectivity index (χ2v) is 8.53. The molecule has 0 heterocycles. The first-order valence-corrected chi connectivity index (χ1v) is 10.9. The predicted molar refractivity (Wildman–Crippen MR) is 128 cm³/mol. The molecule has 0 fully saturated rings. The van der Waals surface area contributed by atoms with Gasteiger partial charge in [-0.15, -0.1) is 0 Å². The summed E-state index contributed by atoms with van der Waals surface area (Å²) in [5.41, 5.74) is 7.15. The van der Waals surface area contributed by atoms with E-state index >= 15 is 0 Å². The molecule has 0 saturated carbocycles. The summed E-state index contributed by atoms with van der Waals surface area (Å²) in [7, 11) is 0. The number of hydrogen-bond acceptors (Lipinski definition) is 0. The van der Waals surface area contributed by atoms with Gasteiger partial charge in [0.15, 0.2) is 0 Å². The third-order valence-electron chi connectivity index (χ3n) is 6.86. The molecule has 0 aromatic heterocycles. The second kappa shape index (κ2) is 7.15. The molecule has 0 aliphatic heterocycles. The van der Waals surface area contributed by atoms with E-state index in [9.17, 15) is 0 Å². The molecule has 0 bridgehead atoms. The van der Waals surface area contributed by atoms with Crippen molar-refractivity contribution in [2.45, 2.75) is 18.3 Å². The van der Waals surface area contributed by atoms with Crippen LogP contribution in [-0.2, 0) is 0 Å². The summed E-state index contributed by atoms with van der Waals surface area (Å²) in [5.74, 6) is 1.37. The Morgan fingerprint density at radius 2 is 1.53 bits per heavy atom. The van der Waals surface area contributed by atoms with Crippen molar-refractivity contribution in [2.24, 2.45) is 5.92 Å². The first kappa shape index (κ1) is 17.5. The second-order valence-electron chi connectivity index (χ2n) is 8.53. The van der Waals surface area contributed by atoms with Crippen LogP contribution in [0.15, 0.2) is 103 Å². The van der Waals surface area contributed by atoms with Gasteiger partial charge < -0.3 is 0 Å². The van der Waals surface area contributed by atoms with Crippen LogP contribution in [0.5, 0.6) is 0 Å². The van der Waals surface area contributed by atoms with Crippen molar-refractivity contribution in [3.05, 3.63) is 131 Å². The number of allylic oxidation sites excluding steroid dienone is 2. The average Bonchev–Trinajstić information content (AvgIpc) is 2.82. The Kier molecular flexibility index (Phi) is 4.16. The molecule has 2 aliphatic rings. The quantitative estimate of drug-likeness (QED) is 0.338. The van der Waals surface area contributed by atoms with E-state index in [0.29, 0.717) is 17.8 Å². The number of hydrogen-bond donors (Lipinski definition) is 0. The summed E-state index contributed by atoms with van der Waals surface area (Å²) in [4.78, 5) is 0. The van der Waals surface area contributed by atoms with Gasteiger partial charge in [-0.05, 0) is 50.9 Å². The fourth-order valence-corrected chi connectivity index (χ4v) is 5.47. The Balaban J connectivity index is 1.51. The number of rotatable bonds is 3. The number of benzene rings is 4. The Hall–Kier alpha value is -3.38. The smallest absolute Gasteiger partial charge is 0.0102 e. The minimum Gasteiger partial charge on any atom is -0.0764 e. The molecule has 0 N–H and O–H groups in total. The van der Waals surface area contributed by atoms with Gasteiger partial charge in [-0.3, -0.25) is 0 Å². The molecule has 0 nitrogen and oxygen atoms in total. The van der Waals surface area contributed by atoms with Gasteiger partial charge in [0.25, 0.3) is 0 Å². The van der Waals surface area contributed by atoms with Gasteiger partial charge in [-0.25, -0.2) is 0 Å². The maximum Gasteiger partial charge on any atom is 0.0102 e. The summed E-state index contributed by atoms with van der Waals surface area (Å²) in [6.45, 7) is 0. The van der Waals surface area contributed by atoms with Crippen LogP contribution in [0.2, 0.25) is 0 Å². The van der Waals surface area contributed by atoms with Gasteiger partial charge >= 0.3 is 0 Å². The normalized spacial score (nSPS) is 21.9. The lowest BCUT2D eigenvalue weighted by Crippen LogP contribution is -2.22. The molecule has 30 heavy (non-hydrogen) atoms. The third kappa shape index (κ3) is 2.83. The molecule has 4 aromatic carbocycles. The monoisotopic (exact) mass is 384 g/mol. The molecule has 3 atom stereocenters. The summed E-state index contributed by atoms with van der Waals surface area (Å²) in [6, 6.07) is 33.2. The van der Waals surface area contributed by atoms with Crippen LogP contribution in [0.4, 0.5) is 0 Å². The van der Waals surface area contributed by atoms with Crippen LogP contribution in [0.1, 0.15) is 46.1 Å². The van der Waals surface area contributed by atoms with E-state index in [-0.39, 0.29) is 0 Å². The van der Waals surface area contributed by atoms with Gasteiger partial charge in [0.2, 0.25) is 0 Å². The van der Waals surface area contributed by atoms with Crippen LogP contribution < -0.4 is 0 Å². The van der Waals surface area contributed by atoms with E-state index in [2.05, 4.69) is 115 Å². The van der Waals surface area contributed by atoms with Gasteiger partial charge in [0.05, 0.1) is 0 Å². The topological polar surface area (TPSA) is 0 Å². The van der Waals surface area contributed by atoms with Crippen LogP contribution in [0.3, 0.4) is 0 Å². The lowest BCUT2D eigenvalue weighted by atomic mass is 9.65. The maximum absolute atomic E-state index is 2.41. The first-order valence-electron chi connectivity index (χ1n) is 10.9. The van der Waals surface area contributed by atoms with Crippen molar-refractivity contribution in [3.63, 3.8) is 0 Å². The summed E-state index contributed by atoms with van der Waals surface area (Å²) in [6.07, 6.45) is 10.6. The fourth-order valence-electron chi connectivity index (χ4n) is 5.47. The Labute approximate surface area is 178 Å². The van der Waals surface area contributed by atoms with Gasteiger partial charge in [0.1, 0.15) is 0 Å². The molecule has 3 unspecified atom stereocenters. The fraction of sp³-hybridized carbons (Fsp3) is 0.133. The molecule has 0 spiro atoms. The molecule has 144 valence electrons. The highest BCUT2D eigenvalue weighted by atomic mass is 14.4. The SMILES string of the molecule is C(=CC1C=Cc2ccc3cccc4c3c2C1CC4c1ccccc1)c1ccccc1. The van der Waals surface area contributed by atoms with E-state index in [0.717, 1.165) is 6.42 Å². The first-order chi connectivity index (χ1) is 14.9. The minimum atomic E-state index is 0.419. The molecular formula is C30H24. The van der Waals surface area contributed by atoms with Crippen molar-refractivity contribution >= 4 is 22.9 Å². The van der Waals surface area contributed by atoms with Gasteiger partial charge in [-0.1, -0.05) is 115 Å². The largest absolute Gasteiger partial charge is 0.0764 e. The Morgan fingerprint density at radius 1 is 0.733 bits per heavy atom. The van der Waals surface area contributed by atoms with Crippen molar-refractivity contribution < 1.29 is 0 Å². The van der Waals surface area contributed by atoms with Gasteiger partial charge in [0, 0.05) is 11.8 Å². The summed E-state index contributed by atoms with van der Waals surface area (Å²) in [5, 5.41) is 2.86. The van der Waals surface area contributed by atoms with Crippen LogP contribution >= 0.6 is 0 Å². The lowest BCUT2D eigenvalue weighted by molar-refractivity contribution is 0.505. The van der Waals surface area contributed by atoms with Crippen LogP contribution in [0, 0.1) is 5.92 Å². The predicted octanol–water partition coefficient (Wildman–Crippen LogP) is 7.82. The highest BCUT2D eigenvalue weighted by Crippen LogP contribution is 2.52. The standard InChI is InChI=1S/C30H24/c1-3-8-21(9-4-1)14-15-23-16-17-25-19-18-24-12-7-13-26-27(22-10-5-2-6-11-22)20-28(23)30(25)29(24)26/h1-19,23,27-28H,20H2. The molecule has 2 aliphatic carbocycles. The van der Waals surface area contributed by atoms with E-state index in [4.69, 9.17) is 0 Å². The third-order valence-corrected chi connectivity index (χ3v) is 6.86. The van der Waals surface area contributed by atoms with Crippen molar-refractivity contribution in [2.75, 3.05) is 0 Å². The summed E-state index contributed by atoms with van der Waals surface area (Å²) < 4.78 is 0. The highest BCUT2D eigenvalue weighted by Gasteiger charge is 2.35. The van der Waals surface area contributed by atoms with Crippen molar-refractivity contribution in [1.29, 1.82) is 0 Å². The zero-order valence-electron chi connectivity index (χ0n) is 16.9. The Morgan fingerprint density at radius 3 is 2.37 bits per heavy atom. The van der Waals surface area contributed by atoms with Gasteiger partial charge in [-0.2, -0.15) is 0 Å². The molecule has 0 heteroatoms. The molecule has 6 rings (SSSR count). The minimum absolute atomic E-state index is 0.419. The van der Waals surface area contributed by atoms with E-state index in [1.807, 2.05) is 0 Å². The maximum atomic E-state index is 2.41. The zero-order chi connectivity index (χ0) is 19.9. The molecule has 0 saturated heterocycles. The van der Waals surface area contributed by atoms with E-state index in [1.54, 1.807) is 5.56 Å². The zero-order valence-corrected chi connectivity index (χ0v) is 16.9.